The van der Waals surface area contributed by atoms with Crippen LogP contribution in [0.15, 0.2) is 24.3 Å². The summed E-state index contributed by atoms with van der Waals surface area (Å²) in [4.78, 5) is 14.1. The second-order valence-electron chi connectivity index (χ2n) is 5.93. The van der Waals surface area contributed by atoms with Crippen molar-refractivity contribution in [2.75, 3.05) is 13.1 Å². The SMILES string of the molecule is CC(C)C(NC(=O)N1CCCC(O)C1)c1ccccc1Cl. The van der Waals surface area contributed by atoms with Gasteiger partial charge in [-0.05, 0) is 30.4 Å². The molecule has 1 aromatic rings. The fourth-order valence-electron chi connectivity index (χ4n) is 2.69. The minimum atomic E-state index is -0.415. The molecule has 0 radical (unpaired) electrons. The van der Waals surface area contributed by atoms with Crippen molar-refractivity contribution in [3.8, 4) is 0 Å². The van der Waals surface area contributed by atoms with Gasteiger partial charge in [-0.25, -0.2) is 4.79 Å². The quantitative estimate of drug-likeness (QED) is 0.900. The third kappa shape index (κ3) is 4.11. The van der Waals surface area contributed by atoms with Crippen molar-refractivity contribution in [2.45, 2.75) is 38.8 Å². The molecular weight excluding hydrogens is 288 g/mol. The number of carbonyl (C=O) groups is 1. The number of urea groups is 1. The molecule has 0 bridgehead atoms. The van der Waals surface area contributed by atoms with Gasteiger partial charge in [0.25, 0.3) is 0 Å². The van der Waals surface area contributed by atoms with Gasteiger partial charge in [0, 0.05) is 18.1 Å². The van der Waals surface area contributed by atoms with Crippen LogP contribution in [0.2, 0.25) is 5.02 Å². The van der Waals surface area contributed by atoms with E-state index < -0.39 is 6.10 Å². The van der Waals surface area contributed by atoms with Crippen molar-refractivity contribution in [1.29, 1.82) is 0 Å². The van der Waals surface area contributed by atoms with E-state index in [4.69, 9.17) is 11.6 Å². The van der Waals surface area contributed by atoms with E-state index in [1.807, 2.05) is 24.3 Å². The fourth-order valence-corrected chi connectivity index (χ4v) is 2.95. The molecule has 0 aliphatic carbocycles. The molecular formula is C16H23ClN2O2. The number of nitrogens with one attached hydrogen (secondary N) is 1. The summed E-state index contributed by atoms with van der Waals surface area (Å²) >= 11 is 6.25. The second-order valence-corrected chi connectivity index (χ2v) is 6.34. The minimum Gasteiger partial charge on any atom is -0.391 e. The summed E-state index contributed by atoms with van der Waals surface area (Å²) in [6.45, 7) is 5.20. The number of piperidine rings is 1. The number of rotatable bonds is 3. The summed E-state index contributed by atoms with van der Waals surface area (Å²) in [6.07, 6.45) is 1.19. The highest BCUT2D eigenvalue weighted by atomic mass is 35.5. The Morgan fingerprint density at radius 1 is 1.43 bits per heavy atom. The molecule has 1 aliphatic rings. The van der Waals surface area contributed by atoms with Crippen LogP contribution in [0.5, 0.6) is 0 Å². The molecule has 2 amide bonds. The Morgan fingerprint density at radius 3 is 2.76 bits per heavy atom. The van der Waals surface area contributed by atoms with E-state index in [2.05, 4.69) is 19.2 Å². The average Bonchev–Trinajstić information content (AvgIpc) is 2.45. The molecule has 4 nitrogen and oxygen atoms in total. The molecule has 2 atom stereocenters. The van der Waals surface area contributed by atoms with Crippen LogP contribution in [0.25, 0.3) is 0 Å². The summed E-state index contributed by atoms with van der Waals surface area (Å²) in [5.74, 6) is 0.226. The Kier molecular flexibility index (Phi) is 5.48. The predicted molar refractivity (Wildman–Crippen MR) is 84.4 cm³/mol. The Hall–Kier alpha value is -1.26. The average molecular weight is 311 g/mol. The maximum atomic E-state index is 12.4. The topological polar surface area (TPSA) is 52.6 Å². The molecule has 1 aliphatic heterocycles. The van der Waals surface area contributed by atoms with Gasteiger partial charge in [0.2, 0.25) is 0 Å². The molecule has 1 saturated heterocycles. The molecule has 0 spiro atoms. The van der Waals surface area contributed by atoms with E-state index in [1.165, 1.54) is 0 Å². The third-order valence-corrected chi connectivity index (χ3v) is 4.21. The van der Waals surface area contributed by atoms with Crippen molar-refractivity contribution in [3.05, 3.63) is 34.9 Å². The number of hydrogen-bond acceptors (Lipinski definition) is 2. The molecule has 1 aromatic carbocycles. The number of halogens is 1. The highest BCUT2D eigenvalue weighted by Gasteiger charge is 2.26. The van der Waals surface area contributed by atoms with E-state index in [0.29, 0.717) is 18.1 Å². The van der Waals surface area contributed by atoms with Crippen molar-refractivity contribution in [1.82, 2.24) is 10.2 Å². The van der Waals surface area contributed by atoms with Crippen LogP contribution < -0.4 is 5.32 Å². The lowest BCUT2D eigenvalue weighted by atomic mass is 9.96. The van der Waals surface area contributed by atoms with E-state index in [1.54, 1.807) is 4.90 Å². The van der Waals surface area contributed by atoms with Crippen LogP contribution in [-0.4, -0.2) is 35.2 Å². The maximum Gasteiger partial charge on any atom is 0.317 e. The van der Waals surface area contributed by atoms with Gasteiger partial charge in [0.15, 0.2) is 0 Å². The molecule has 116 valence electrons. The predicted octanol–water partition coefficient (Wildman–Crippen LogP) is 3.20. The number of likely N-dealkylation sites (tertiary alicyclic amines) is 1. The van der Waals surface area contributed by atoms with E-state index >= 15 is 0 Å². The molecule has 5 heteroatoms. The Bertz CT molecular complexity index is 493. The van der Waals surface area contributed by atoms with Crippen LogP contribution in [0.4, 0.5) is 4.79 Å². The van der Waals surface area contributed by atoms with Crippen LogP contribution in [0.3, 0.4) is 0 Å². The number of aliphatic hydroxyl groups is 1. The van der Waals surface area contributed by atoms with Crippen molar-refractivity contribution < 1.29 is 9.90 Å². The lowest BCUT2D eigenvalue weighted by Gasteiger charge is -2.33. The number of β-amino-alcohol motifs (C(OH)–C–C–N with tert-alkyl or cyclic N) is 1. The highest BCUT2D eigenvalue weighted by molar-refractivity contribution is 6.31. The lowest BCUT2D eigenvalue weighted by molar-refractivity contribution is 0.0826. The number of hydrogen-bond donors (Lipinski definition) is 2. The van der Waals surface area contributed by atoms with E-state index in [9.17, 15) is 9.90 Å². The van der Waals surface area contributed by atoms with Gasteiger partial charge < -0.3 is 15.3 Å². The van der Waals surface area contributed by atoms with Gasteiger partial charge in [-0.3, -0.25) is 0 Å². The normalized spacial score (nSPS) is 20.4. The summed E-state index contributed by atoms with van der Waals surface area (Å²) in [5, 5.41) is 13.4. The molecule has 2 rings (SSSR count). The smallest absolute Gasteiger partial charge is 0.317 e. The molecule has 2 N–H and O–H groups in total. The van der Waals surface area contributed by atoms with Crippen LogP contribution in [-0.2, 0) is 0 Å². The Morgan fingerprint density at radius 2 is 2.14 bits per heavy atom. The zero-order valence-electron chi connectivity index (χ0n) is 12.6. The lowest BCUT2D eigenvalue weighted by Crippen LogP contribution is -2.48. The van der Waals surface area contributed by atoms with Gasteiger partial charge in [-0.1, -0.05) is 43.6 Å². The van der Waals surface area contributed by atoms with Crippen LogP contribution in [0, 0.1) is 5.92 Å². The maximum absolute atomic E-state index is 12.4. The van der Waals surface area contributed by atoms with Gasteiger partial charge in [0.1, 0.15) is 0 Å². The molecule has 0 saturated carbocycles. The minimum absolute atomic E-state index is 0.132. The van der Waals surface area contributed by atoms with Gasteiger partial charge >= 0.3 is 6.03 Å². The van der Waals surface area contributed by atoms with Crippen LogP contribution >= 0.6 is 11.6 Å². The van der Waals surface area contributed by atoms with Gasteiger partial charge in [-0.2, -0.15) is 0 Å². The first-order chi connectivity index (χ1) is 9.99. The van der Waals surface area contributed by atoms with E-state index in [0.717, 1.165) is 18.4 Å². The number of carbonyl (C=O) groups excluding carboxylic acids is 1. The number of aliphatic hydroxyl groups excluding tert-OH is 1. The summed E-state index contributed by atoms with van der Waals surface area (Å²) < 4.78 is 0. The first-order valence-corrected chi connectivity index (χ1v) is 7.84. The Labute approximate surface area is 131 Å². The molecule has 0 aromatic heterocycles. The largest absolute Gasteiger partial charge is 0.391 e. The van der Waals surface area contributed by atoms with Crippen molar-refractivity contribution in [3.63, 3.8) is 0 Å². The van der Waals surface area contributed by atoms with Crippen molar-refractivity contribution >= 4 is 17.6 Å². The second kappa shape index (κ2) is 7.14. The zero-order chi connectivity index (χ0) is 15.4. The van der Waals surface area contributed by atoms with Gasteiger partial charge in [0.05, 0.1) is 12.1 Å². The van der Waals surface area contributed by atoms with Crippen molar-refractivity contribution in [2.24, 2.45) is 5.92 Å². The molecule has 1 heterocycles. The van der Waals surface area contributed by atoms with E-state index in [-0.39, 0.29) is 18.0 Å². The highest BCUT2D eigenvalue weighted by Crippen LogP contribution is 2.28. The monoisotopic (exact) mass is 310 g/mol. The summed E-state index contributed by atoms with van der Waals surface area (Å²) in [7, 11) is 0. The Balaban J connectivity index is 2.10. The standard InChI is InChI=1S/C16H23ClN2O2/c1-11(2)15(13-7-3-4-8-14(13)17)18-16(21)19-9-5-6-12(20)10-19/h3-4,7-8,11-12,15,20H,5-6,9-10H2,1-2H3,(H,18,21). The number of amides is 2. The number of benzene rings is 1. The van der Waals surface area contributed by atoms with Gasteiger partial charge in [-0.15, -0.1) is 0 Å². The fraction of sp³-hybridized carbons (Fsp3) is 0.562. The first-order valence-electron chi connectivity index (χ1n) is 7.47. The first kappa shape index (κ1) is 16.1. The number of nitrogens with zero attached hydrogens (tertiary/aromatic N) is 1. The summed E-state index contributed by atoms with van der Waals surface area (Å²) in [5.41, 5.74) is 0.931. The molecule has 2 unspecified atom stereocenters. The third-order valence-electron chi connectivity index (χ3n) is 3.87. The molecule has 21 heavy (non-hydrogen) atoms. The zero-order valence-corrected chi connectivity index (χ0v) is 13.3. The molecule has 1 fully saturated rings. The van der Waals surface area contributed by atoms with Crippen LogP contribution in [0.1, 0.15) is 38.3 Å². The summed E-state index contributed by atoms with van der Waals surface area (Å²) in [6, 6.07) is 7.32.